The molecule has 2 N–H and O–H groups in total. The lowest BCUT2D eigenvalue weighted by Crippen LogP contribution is -2.39. The molecule has 5 nitrogen and oxygen atoms in total. The topological polar surface area (TPSA) is 67.4 Å². The van der Waals surface area contributed by atoms with Crippen molar-refractivity contribution in [2.75, 3.05) is 14.2 Å². The molecule has 0 bridgehead atoms. The molecule has 0 aliphatic heterocycles. The van der Waals surface area contributed by atoms with Crippen LogP contribution in [0.5, 0.6) is 5.75 Å². The fraction of sp³-hybridized carbons (Fsp3) is 0.176. The molecule has 0 radical (unpaired) electrons. The Balaban J connectivity index is 2.37. The van der Waals surface area contributed by atoms with E-state index in [9.17, 15) is 22.8 Å². The number of ether oxygens (including phenoxy) is 1. The summed E-state index contributed by atoms with van der Waals surface area (Å²) < 4.78 is 45.0. The minimum atomic E-state index is -1.31. The Hall–Kier alpha value is -3.03. The molecule has 0 aromatic heterocycles. The van der Waals surface area contributed by atoms with Crippen LogP contribution >= 0.6 is 0 Å². The predicted molar refractivity (Wildman–Crippen MR) is 83.6 cm³/mol. The monoisotopic (exact) mass is 352 g/mol. The number of amides is 2. The van der Waals surface area contributed by atoms with E-state index in [-0.39, 0.29) is 16.9 Å². The average Bonchev–Trinajstić information content (AvgIpc) is 2.61. The Morgan fingerprint density at radius 1 is 1.04 bits per heavy atom. The summed E-state index contributed by atoms with van der Waals surface area (Å²) in [5.41, 5.74) is -0.110. The van der Waals surface area contributed by atoms with Crippen molar-refractivity contribution in [2.45, 2.75) is 6.04 Å². The zero-order valence-electron chi connectivity index (χ0n) is 13.4. The van der Waals surface area contributed by atoms with Gasteiger partial charge in [0.15, 0.2) is 11.6 Å². The zero-order chi connectivity index (χ0) is 18.6. The highest BCUT2D eigenvalue weighted by molar-refractivity contribution is 5.99. The molecule has 0 fully saturated rings. The van der Waals surface area contributed by atoms with Gasteiger partial charge in [0.1, 0.15) is 17.6 Å². The molecule has 0 saturated carbocycles. The molecule has 0 aliphatic carbocycles. The van der Waals surface area contributed by atoms with Gasteiger partial charge in [-0.1, -0.05) is 6.07 Å². The number of halogens is 3. The van der Waals surface area contributed by atoms with Gasteiger partial charge >= 0.3 is 0 Å². The van der Waals surface area contributed by atoms with Crippen molar-refractivity contribution in [2.24, 2.45) is 0 Å². The van der Waals surface area contributed by atoms with Gasteiger partial charge in [-0.05, 0) is 35.9 Å². The molecule has 2 aromatic carbocycles. The SMILES string of the molecule is CNC(=O)C(NC(=O)c1cc(F)ccc1OC)c1ccc(F)c(F)c1. The van der Waals surface area contributed by atoms with E-state index in [1.165, 1.54) is 26.3 Å². The first-order valence-electron chi connectivity index (χ1n) is 7.18. The van der Waals surface area contributed by atoms with E-state index >= 15 is 0 Å². The van der Waals surface area contributed by atoms with Crippen LogP contribution in [0, 0.1) is 17.5 Å². The van der Waals surface area contributed by atoms with Crippen molar-refractivity contribution < 1.29 is 27.5 Å². The summed E-state index contributed by atoms with van der Waals surface area (Å²) >= 11 is 0. The van der Waals surface area contributed by atoms with Crippen molar-refractivity contribution in [1.29, 1.82) is 0 Å². The minimum absolute atomic E-state index is 0.0296. The molecule has 25 heavy (non-hydrogen) atoms. The second kappa shape index (κ2) is 7.69. The Morgan fingerprint density at radius 2 is 1.76 bits per heavy atom. The molecular weight excluding hydrogens is 337 g/mol. The van der Waals surface area contributed by atoms with Gasteiger partial charge < -0.3 is 15.4 Å². The first kappa shape index (κ1) is 18.3. The van der Waals surface area contributed by atoms with E-state index < -0.39 is 35.3 Å². The number of rotatable bonds is 5. The molecule has 8 heteroatoms. The van der Waals surface area contributed by atoms with Crippen LogP contribution in [0.15, 0.2) is 36.4 Å². The molecule has 1 atom stereocenters. The lowest BCUT2D eigenvalue weighted by Gasteiger charge is -2.19. The van der Waals surface area contributed by atoms with E-state index in [0.717, 1.165) is 24.3 Å². The molecular formula is C17H15F3N2O3. The van der Waals surface area contributed by atoms with Crippen LogP contribution in [0.3, 0.4) is 0 Å². The lowest BCUT2D eigenvalue weighted by atomic mass is 10.0. The zero-order valence-corrected chi connectivity index (χ0v) is 13.4. The van der Waals surface area contributed by atoms with Crippen LogP contribution in [0.2, 0.25) is 0 Å². The van der Waals surface area contributed by atoms with Crippen LogP contribution < -0.4 is 15.4 Å². The van der Waals surface area contributed by atoms with Crippen molar-refractivity contribution in [3.05, 3.63) is 65.0 Å². The highest BCUT2D eigenvalue weighted by atomic mass is 19.2. The van der Waals surface area contributed by atoms with E-state index in [0.29, 0.717) is 0 Å². The number of hydrogen-bond acceptors (Lipinski definition) is 3. The molecule has 2 amide bonds. The normalized spacial score (nSPS) is 11.6. The highest BCUT2D eigenvalue weighted by Crippen LogP contribution is 2.22. The van der Waals surface area contributed by atoms with Gasteiger partial charge in [-0.15, -0.1) is 0 Å². The fourth-order valence-electron chi connectivity index (χ4n) is 2.20. The van der Waals surface area contributed by atoms with Gasteiger partial charge in [-0.3, -0.25) is 9.59 Å². The molecule has 132 valence electrons. The van der Waals surface area contributed by atoms with Gasteiger partial charge in [0.25, 0.3) is 5.91 Å². The smallest absolute Gasteiger partial charge is 0.256 e. The summed E-state index contributed by atoms with van der Waals surface area (Å²) in [6, 6.07) is 4.83. The van der Waals surface area contributed by atoms with Crippen molar-refractivity contribution in [1.82, 2.24) is 10.6 Å². The largest absolute Gasteiger partial charge is 0.496 e. The summed E-state index contributed by atoms with van der Waals surface area (Å²) in [5.74, 6) is -4.29. The maximum atomic E-state index is 13.4. The number of carbonyl (C=O) groups excluding carboxylic acids is 2. The van der Waals surface area contributed by atoms with E-state index in [2.05, 4.69) is 10.6 Å². The molecule has 0 heterocycles. The third-order valence-corrected chi connectivity index (χ3v) is 3.47. The average molecular weight is 352 g/mol. The fourth-order valence-corrected chi connectivity index (χ4v) is 2.20. The third kappa shape index (κ3) is 4.09. The Bertz CT molecular complexity index is 812. The van der Waals surface area contributed by atoms with E-state index in [1.54, 1.807) is 0 Å². The van der Waals surface area contributed by atoms with Crippen LogP contribution in [0.25, 0.3) is 0 Å². The van der Waals surface area contributed by atoms with Crippen LogP contribution in [-0.2, 0) is 4.79 Å². The molecule has 2 rings (SSSR count). The van der Waals surface area contributed by atoms with Gasteiger partial charge in [-0.2, -0.15) is 0 Å². The van der Waals surface area contributed by atoms with Crippen molar-refractivity contribution >= 4 is 11.8 Å². The van der Waals surface area contributed by atoms with Crippen molar-refractivity contribution in [3.8, 4) is 5.75 Å². The van der Waals surface area contributed by atoms with Gasteiger partial charge in [0.05, 0.1) is 12.7 Å². The first-order valence-corrected chi connectivity index (χ1v) is 7.18. The summed E-state index contributed by atoms with van der Waals surface area (Å²) in [6.07, 6.45) is 0. The highest BCUT2D eigenvalue weighted by Gasteiger charge is 2.25. The van der Waals surface area contributed by atoms with Crippen LogP contribution in [-0.4, -0.2) is 26.0 Å². The Morgan fingerprint density at radius 3 is 2.36 bits per heavy atom. The summed E-state index contributed by atoms with van der Waals surface area (Å²) in [5, 5.41) is 4.68. The second-order valence-corrected chi connectivity index (χ2v) is 5.04. The van der Waals surface area contributed by atoms with E-state index in [4.69, 9.17) is 4.74 Å². The van der Waals surface area contributed by atoms with E-state index in [1.807, 2.05) is 0 Å². The number of carbonyl (C=O) groups is 2. The quantitative estimate of drug-likeness (QED) is 0.868. The Labute approximate surface area is 141 Å². The number of nitrogens with one attached hydrogen (secondary N) is 2. The summed E-state index contributed by atoms with van der Waals surface area (Å²) in [4.78, 5) is 24.5. The van der Waals surface area contributed by atoms with Crippen molar-refractivity contribution in [3.63, 3.8) is 0 Å². The van der Waals surface area contributed by atoms with Gasteiger partial charge in [0.2, 0.25) is 5.91 Å². The standard InChI is InChI=1S/C17H15F3N2O3/c1-21-17(24)15(9-3-5-12(19)13(20)7-9)22-16(23)11-8-10(18)4-6-14(11)25-2/h3-8,15H,1-2H3,(H,21,24)(H,22,23). The summed E-state index contributed by atoms with van der Waals surface area (Å²) in [7, 11) is 2.62. The maximum Gasteiger partial charge on any atom is 0.256 e. The molecule has 1 unspecified atom stereocenters. The van der Waals surface area contributed by atoms with Gasteiger partial charge in [-0.25, -0.2) is 13.2 Å². The molecule has 0 spiro atoms. The number of benzene rings is 2. The minimum Gasteiger partial charge on any atom is -0.496 e. The number of methoxy groups -OCH3 is 1. The van der Waals surface area contributed by atoms with Crippen LogP contribution in [0.1, 0.15) is 22.0 Å². The second-order valence-electron chi connectivity index (χ2n) is 5.04. The molecule has 0 aliphatic rings. The Kier molecular flexibility index (Phi) is 5.63. The van der Waals surface area contributed by atoms with Crippen LogP contribution in [0.4, 0.5) is 13.2 Å². The number of likely N-dealkylation sites (N-methyl/N-ethyl adjacent to an activating group) is 1. The number of hydrogen-bond donors (Lipinski definition) is 2. The predicted octanol–water partition coefficient (Wildman–Crippen LogP) is 2.33. The maximum absolute atomic E-state index is 13.4. The first-order chi connectivity index (χ1) is 11.9. The van der Waals surface area contributed by atoms with Gasteiger partial charge in [0, 0.05) is 7.05 Å². The lowest BCUT2D eigenvalue weighted by molar-refractivity contribution is -0.122. The third-order valence-electron chi connectivity index (χ3n) is 3.47. The summed E-state index contributed by atoms with van der Waals surface area (Å²) in [6.45, 7) is 0. The molecule has 0 saturated heterocycles. The molecule has 2 aromatic rings.